The van der Waals surface area contributed by atoms with Crippen LogP contribution < -0.4 is 0 Å². The van der Waals surface area contributed by atoms with Crippen LogP contribution in [0.5, 0.6) is 0 Å². The Morgan fingerprint density at radius 2 is 2.21 bits per heavy atom. The fourth-order valence-electron chi connectivity index (χ4n) is 1.50. The summed E-state index contributed by atoms with van der Waals surface area (Å²) in [6, 6.07) is 8.27. The van der Waals surface area contributed by atoms with Crippen LogP contribution in [0.15, 0.2) is 24.3 Å². The molecule has 0 amide bonds. The molecule has 0 bridgehead atoms. The lowest BCUT2D eigenvalue weighted by molar-refractivity contribution is 0.204. The van der Waals surface area contributed by atoms with E-state index in [2.05, 4.69) is 19.1 Å². The molecule has 0 spiro atoms. The van der Waals surface area contributed by atoms with Crippen molar-refractivity contribution in [2.24, 2.45) is 0 Å². The topological polar surface area (TPSA) is 20.2 Å². The zero-order valence-corrected chi connectivity index (χ0v) is 9.68. The molecule has 1 unspecified atom stereocenters. The molecule has 0 aliphatic rings. The van der Waals surface area contributed by atoms with Crippen LogP contribution in [-0.4, -0.2) is 17.1 Å². The molecule has 1 rings (SSSR count). The average molecular weight is 210 g/mol. The highest BCUT2D eigenvalue weighted by molar-refractivity contribution is 7.98. The maximum Gasteiger partial charge on any atom is 0.0880 e. The van der Waals surface area contributed by atoms with Crippen LogP contribution in [0.25, 0.3) is 0 Å². The highest BCUT2D eigenvalue weighted by Gasteiger charge is 2.06. The Labute approximate surface area is 90.5 Å². The monoisotopic (exact) mass is 210 g/mol. The van der Waals surface area contributed by atoms with Crippen LogP contribution in [0.4, 0.5) is 0 Å². The van der Waals surface area contributed by atoms with Gasteiger partial charge in [-0.1, -0.05) is 37.6 Å². The molecule has 0 aliphatic carbocycles. The first-order valence-corrected chi connectivity index (χ1v) is 6.43. The van der Waals surface area contributed by atoms with E-state index < -0.39 is 0 Å². The van der Waals surface area contributed by atoms with E-state index in [1.165, 1.54) is 5.56 Å². The molecular formula is C12H18OS. The molecule has 0 fully saturated rings. The van der Waals surface area contributed by atoms with Crippen molar-refractivity contribution < 1.29 is 5.11 Å². The summed E-state index contributed by atoms with van der Waals surface area (Å²) in [5, 5.41) is 9.79. The van der Waals surface area contributed by atoms with Crippen molar-refractivity contribution in [3.63, 3.8) is 0 Å². The Morgan fingerprint density at radius 1 is 1.43 bits per heavy atom. The fourth-order valence-corrected chi connectivity index (χ4v) is 2.01. The molecule has 1 nitrogen and oxygen atoms in total. The Balaban J connectivity index is 2.71. The van der Waals surface area contributed by atoms with E-state index in [4.69, 9.17) is 0 Å². The molecule has 1 aromatic rings. The van der Waals surface area contributed by atoms with E-state index in [1.54, 1.807) is 11.8 Å². The summed E-state index contributed by atoms with van der Waals surface area (Å²) in [6.07, 6.45) is 3.95. The third kappa shape index (κ3) is 3.35. The Kier molecular flexibility index (Phi) is 5.05. The molecule has 0 saturated carbocycles. The summed E-state index contributed by atoms with van der Waals surface area (Å²) >= 11 is 1.67. The number of benzene rings is 1. The summed E-state index contributed by atoms with van der Waals surface area (Å²) in [4.78, 5) is 0. The summed E-state index contributed by atoms with van der Waals surface area (Å²) in [5.41, 5.74) is 2.37. The molecule has 1 atom stereocenters. The van der Waals surface area contributed by atoms with Gasteiger partial charge in [-0.05, 0) is 23.8 Å². The number of thioether (sulfide) groups is 1. The van der Waals surface area contributed by atoms with Gasteiger partial charge in [-0.15, -0.1) is 0 Å². The van der Waals surface area contributed by atoms with Crippen molar-refractivity contribution in [1.29, 1.82) is 0 Å². The molecule has 78 valence electrons. The maximum atomic E-state index is 9.79. The predicted octanol–water partition coefficient (Wildman–Crippen LogP) is 3.04. The van der Waals surface area contributed by atoms with Gasteiger partial charge >= 0.3 is 0 Å². The first-order valence-electron chi connectivity index (χ1n) is 5.03. The lowest BCUT2D eigenvalue weighted by atomic mass is 10.0. The van der Waals surface area contributed by atoms with Gasteiger partial charge in [-0.3, -0.25) is 0 Å². The van der Waals surface area contributed by atoms with Gasteiger partial charge in [-0.2, -0.15) is 11.8 Å². The minimum Gasteiger partial charge on any atom is -0.388 e. The van der Waals surface area contributed by atoms with Crippen molar-refractivity contribution >= 4 is 11.8 Å². The quantitative estimate of drug-likeness (QED) is 0.806. The van der Waals surface area contributed by atoms with Crippen LogP contribution >= 0.6 is 11.8 Å². The van der Waals surface area contributed by atoms with Crippen LogP contribution in [0.2, 0.25) is 0 Å². The highest BCUT2D eigenvalue weighted by atomic mass is 32.2. The van der Waals surface area contributed by atoms with E-state index in [0.29, 0.717) is 0 Å². The van der Waals surface area contributed by atoms with Gasteiger partial charge in [0.05, 0.1) is 6.10 Å². The first kappa shape index (κ1) is 11.6. The second-order valence-electron chi connectivity index (χ2n) is 3.47. The Hall–Kier alpha value is -0.470. The van der Waals surface area contributed by atoms with Gasteiger partial charge in [0.25, 0.3) is 0 Å². The minimum atomic E-state index is -0.318. The van der Waals surface area contributed by atoms with Crippen LogP contribution in [0.1, 0.15) is 30.6 Å². The Bertz CT molecular complexity index is 273. The number of aliphatic hydroxyl groups excluding tert-OH is 1. The van der Waals surface area contributed by atoms with Crippen molar-refractivity contribution in [3.8, 4) is 0 Å². The van der Waals surface area contributed by atoms with Gasteiger partial charge in [0.1, 0.15) is 0 Å². The average Bonchev–Trinajstić information content (AvgIpc) is 2.19. The molecule has 0 aliphatic heterocycles. The standard InChI is InChI=1S/C12H18OS/c1-3-5-10-6-4-7-11(8-10)12(13)9-14-2/h4,6-8,12-13H,3,5,9H2,1-2H3. The number of hydrogen-bond donors (Lipinski definition) is 1. The van der Waals surface area contributed by atoms with Crippen molar-refractivity contribution in [2.75, 3.05) is 12.0 Å². The summed E-state index contributed by atoms with van der Waals surface area (Å²) in [5.74, 6) is 0.773. The van der Waals surface area contributed by atoms with Crippen LogP contribution in [0.3, 0.4) is 0 Å². The lowest BCUT2D eigenvalue weighted by Crippen LogP contribution is -2.00. The smallest absolute Gasteiger partial charge is 0.0880 e. The van der Waals surface area contributed by atoms with E-state index in [9.17, 15) is 5.11 Å². The maximum absolute atomic E-state index is 9.79. The molecule has 14 heavy (non-hydrogen) atoms. The molecule has 0 radical (unpaired) electrons. The normalized spacial score (nSPS) is 12.8. The number of aryl methyl sites for hydroxylation is 1. The fraction of sp³-hybridized carbons (Fsp3) is 0.500. The summed E-state index contributed by atoms with van der Waals surface area (Å²) in [6.45, 7) is 2.17. The van der Waals surface area contributed by atoms with Gasteiger partial charge in [-0.25, -0.2) is 0 Å². The van der Waals surface area contributed by atoms with E-state index in [0.717, 1.165) is 24.2 Å². The van der Waals surface area contributed by atoms with Crippen molar-refractivity contribution in [2.45, 2.75) is 25.9 Å². The Morgan fingerprint density at radius 3 is 2.86 bits per heavy atom. The molecule has 2 heteroatoms. The highest BCUT2D eigenvalue weighted by Crippen LogP contribution is 2.18. The molecular weight excluding hydrogens is 192 g/mol. The van der Waals surface area contributed by atoms with E-state index in [1.807, 2.05) is 18.4 Å². The molecule has 1 aromatic carbocycles. The van der Waals surface area contributed by atoms with Gasteiger partial charge in [0, 0.05) is 5.75 Å². The second-order valence-corrected chi connectivity index (χ2v) is 4.38. The van der Waals surface area contributed by atoms with Crippen LogP contribution in [0, 0.1) is 0 Å². The zero-order chi connectivity index (χ0) is 10.4. The summed E-state index contributed by atoms with van der Waals surface area (Å²) < 4.78 is 0. The van der Waals surface area contributed by atoms with E-state index >= 15 is 0 Å². The van der Waals surface area contributed by atoms with E-state index in [-0.39, 0.29) is 6.10 Å². The number of hydrogen-bond acceptors (Lipinski definition) is 2. The molecule has 1 N–H and O–H groups in total. The van der Waals surface area contributed by atoms with Crippen molar-refractivity contribution in [1.82, 2.24) is 0 Å². The van der Waals surface area contributed by atoms with Gasteiger partial charge < -0.3 is 5.11 Å². The number of aliphatic hydroxyl groups is 1. The van der Waals surface area contributed by atoms with Crippen molar-refractivity contribution in [3.05, 3.63) is 35.4 Å². The lowest BCUT2D eigenvalue weighted by Gasteiger charge is -2.10. The third-order valence-corrected chi connectivity index (χ3v) is 2.85. The zero-order valence-electron chi connectivity index (χ0n) is 8.86. The SMILES string of the molecule is CCCc1cccc(C(O)CSC)c1. The molecule has 0 saturated heterocycles. The van der Waals surface area contributed by atoms with Gasteiger partial charge in [0.2, 0.25) is 0 Å². The number of rotatable bonds is 5. The third-order valence-electron chi connectivity index (χ3n) is 2.20. The predicted molar refractivity (Wildman–Crippen MR) is 63.8 cm³/mol. The molecule has 0 aromatic heterocycles. The summed E-state index contributed by atoms with van der Waals surface area (Å²) in [7, 11) is 0. The second kappa shape index (κ2) is 6.10. The van der Waals surface area contributed by atoms with Gasteiger partial charge in [0.15, 0.2) is 0 Å². The minimum absolute atomic E-state index is 0.318. The largest absolute Gasteiger partial charge is 0.388 e. The van der Waals surface area contributed by atoms with Crippen LogP contribution in [-0.2, 0) is 6.42 Å². The first-order chi connectivity index (χ1) is 6.77. The molecule has 0 heterocycles.